The van der Waals surface area contributed by atoms with Gasteiger partial charge >= 0.3 is 5.69 Å². The minimum atomic E-state index is -0.386. The van der Waals surface area contributed by atoms with Crippen LogP contribution in [-0.4, -0.2) is 21.1 Å². The van der Waals surface area contributed by atoms with E-state index in [1.807, 2.05) is 60.7 Å². The summed E-state index contributed by atoms with van der Waals surface area (Å²) in [5.74, 6) is 0.353. The molecule has 0 aliphatic carbocycles. The van der Waals surface area contributed by atoms with E-state index in [9.17, 15) is 9.59 Å². The fourth-order valence-electron chi connectivity index (χ4n) is 2.33. The summed E-state index contributed by atoms with van der Waals surface area (Å²) in [6, 6.07) is 18.9. The molecule has 0 fully saturated rings. The number of hydrogen-bond acceptors (Lipinski definition) is 3. The van der Waals surface area contributed by atoms with Gasteiger partial charge in [-0.3, -0.25) is 9.78 Å². The first kappa shape index (κ1) is 14.8. The van der Waals surface area contributed by atoms with Crippen LogP contribution in [0.25, 0.3) is 0 Å². The van der Waals surface area contributed by atoms with Gasteiger partial charge in [0.25, 0.3) is 0 Å². The molecule has 3 rings (SSSR count). The zero-order chi connectivity index (χ0) is 16.1. The van der Waals surface area contributed by atoms with Crippen LogP contribution in [0.3, 0.4) is 0 Å². The Balaban J connectivity index is 1.85. The molecule has 0 spiro atoms. The van der Waals surface area contributed by atoms with Gasteiger partial charge in [-0.15, -0.1) is 0 Å². The molecule has 1 heterocycles. The van der Waals surface area contributed by atoms with Crippen molar-refractivity contribution in [1.82, 2.24) is 15.2 Å². The number of anilines is 1. The van der Waals surface area contributed by atoms with Crippen molar-refractivity contribution in [2.24, 2.45) is 0 Å². The predicted octanol–water partition coefficient (Wildman–Crippen LogP) is 1.87. The van der Waals surface area contributed by atoms with Crippen molar-refractivity contribution in [3.8, 4) is 0 Å². The normalized spacial score (nSPS) is 10.4. The number of benzene rings is 2. The molecule has 1 amide bonds. The lowest BCUT2D eigenvalue weighted by molar-refractivity contribution is -0.118. The number of nitrogens with zero attached hydrogens (tertiary/aromatic N) is 2. The van der Waals surface area contributed by atoms with Crippen molar-refractivity contribution in [3.05, 3.63) is 82.5 Å². The average Bonchev–Trinajstić information content (AvgIpc) is 2.99. The summed E-state index contributed by atoms with van der Waals surface area (Å²) in [6.45, 7) is 0.203. The molecule has 0 atom stereocenters. The molecule has 0 saturated carbocycles. The average molecular weight is 308 g/mol. The van der Waals surface area contributed by atoms with Crippen LogP contribution >= 0.6 is 0 Å². The van der Waals surface area contributed by atoms with Gasteiger partial charge in [0.05, 0.1) is 13.0 Å². The Morgan fingerprint density at radius 1 is 1.00 bits per heavy atom. The summed E-state index contributed by atoms with van der Waals surface area (Å²) in [4.78, 5) is 28.1. The fourth-order valence-corrected chi connectivity index (χ4v) is 2.33. The van der Waals surface area contributed by atoms with E-state index < -0.39 is 0 Å². The molecule has 0 bridgehead atoms. The Labute approximate surface area is 132 Å². The zero-order valence-electron chi connectivity index (χ0n) is 12.4. The first-order valence-corrected chi connectivity index (χ1v) is 7.25. The number of aromatic amines is 2. The molecule has 0 radical (unpaired) electrons. The molecule has 0 unspecified atom stereocenters. The summed E-state index contributed by atoms with van der Waals surface area (Å²) in [5, 5.41) is 6.20. The third-order valence-corrected chi connectivity index (χ3v) is 3.43. The van der Waals surface area contributed by atoms with Gasteiger partial charge in [0.1, 0.15) is 0 Å². The lowest BCUT2D eigenvalue weighted by atomic mass is 10.1. The number of carbonyl (C=O) groups is 1. The lowest BCUT2D eigenvalue weighted by Crippen LogP contribution is -2.32. The highest BCUT2D eigenvalue weighted by atomic mass is 16.2. The number of carbonyl (C=O) groups excluding carboxylic acids is 1. The Bertz CT molecular complexity index is 824. The second-order valence-corrected chi connectivity index (χ2v) is 5.10. The highest BCUT2D eigenvalue weighted by molar-refractivity contribution is 5.94. The molecule has 0 aliphatic rings. The molecule has 6 nitrogen and oxygen atoms in total. The van der Waals surface area contributed by atoms with Crippen LogP contribution in [-0.2, 0) is 17.8 Å². The number of aromatic nitrogens is 3. The molecule has 3 aromatic rings. The minimum absolute atomic E-state index is 0.0637. The smallest absolute Gasteiger partial charge is 0.304 e. The maximum Gasteiger partial charge on any atom is 0.340 e. The quantitative estimate of drug-likeness (QED) is 0.755. The molecule has 0 aliphatic heterocycles. The van der Waals surface area contributed by atoms with Crippen molar-refractivity contribution in [3.63, 3.8) is 0 Å². The summed E-state index contributed by atoms with van der Waals surface area (Å²) in [7, 11) is 0. The molecular weight excluding hydrogens is 292 g/mol. The third-order valence-electron chi connectivity index (χ3n) is 3.43. The van der Waals surface area contributed by atoms with Crippen molar-refractivity contribution < 1.29 is 4.79 Å². The molecule has 2 N–H and O–H groups in total. The first-order valence-electron chi connectivity index (χ1n) is 7.25. The van der Waals surface area contributed by atoms with Crippen LogP contribution in [0.15, 0.2) is 65.5 Å². The van der Waals surface area contributed by atoms with Crippen molar-refractivity contribution in [2.75, 3.05) is 4.90 Å². The van der Waals surface area contributed by atoms with Gasteiger partial charge in [-0.2, -0.15) is 5.10 Å². The summed E-state index contributed by atoms with van der Waals surface area (Å²) >= 11 is 0. The van der Waals surface area contributed by atoms with Crippen LogP contribution in [0.1, 0.15) is 11.4 Å². The predicted molar refractivity (Wildman–Crippen MR) is 87.0 cm³/mol. The Hall–Kier alpha value is -3.15. The van der Waals surface area contributed by atoms with Crippen LogP contribution in [0, 0.1) is 0 Å². The van der Waals surface area contributed by atoms with Gasteiger partial charge in [0.15, 0.2) is 5.82 Å². The second kappa shape index (κ2) is 6.74. The van der Waals surface area contributed by atoms with Crippen molar-refractivity contribution in [2.45, 2.75) is 13.0 Å². The number of H-pyrrole nitrogens is 2. The van der Waals surface area contributed by atoms with E-state index in [0.717, 1.165) is 11.3 Å². The largest absolute Gasteiger partial charge is 0.340 e. The number of hydrogen-bond donors (Lipinski definition) is 2. The van der Waals surface area contributed by atoms with E-state index in [1.165, 1.54) is 0 Å². The van der Waals surface area contributed by atoms with Crippen LogP contribution < -0.4 is 10.6 Å². The monoisotopic (exact) mass is 308 g/mol. The number of para-hydroxylation sites is 1. The lowest BCUT2D eigenvalue weighted by Gasteiger charge is -2.21. The maximum atomic E-state index is 12.7. The minimum Gasteiger partial charge on any atom is -0.304 e. The van der Waals surface area contributed by atoms with E-state index in [4.69, 9.17) is 0 Å². The Morgan fingerprint density at radius 2 is 1.65 bits per heavy atom. The Kier molecular flexibility index (Phi) is 4.33. The third kappa shape index (κ3) is 3.74. The molecule has 23 heavy (non-hydrogen) atoms. The summed E-state index contributed by atoms with van der Waals surface area (Å²) in [5.41, 5.74) is 1.31. The summed E-state index contributed by atoms with van der Waals surface area (Å²) in [6.07, 6.45) is 0.282. The van der Waals surface area contributed by atoms with Gasteiger partial charge in [-0.05, 0) is 17.7 Å². The van der Waals surface area contributed by atoms with Gasteiger partial charge in [0, 0.05) is 5.69 Å². The second-order valence-electron chi connectivity index (χ2n) is 5.10. The Morgan fingerprint density at radius 3 is 2.26 bits per heavy atom. The van der Waals surface area contributed by atoms with E-state index in [-0.39, 0.29) is 24.6 Å². The SMILES string of the molecule is O=C(Cc1ccccc1)N(Cc1n[nH]c(=O)[nH]1)c1ccccc1. The topological polar surface area (TPSA) is 81.8 Å². The van der Waals surface area contributed by atoms with E-state index >= 15 is 0 Å². The van der Waals surface area contributed by atoms with E-state index in [2.05, 4.69) is 15.2 Å². The zero-order valence-corrected chi connectivity index (χ0v) is 12.4. The van der Waals surface area contributed by atoms with Gasteiger partial charge < -0.3 is 4.90 Å². The van der Waals surface area contributed by atoms with Gasteiger partial charge in [-0.1, -0.05) is 48.5 Å². The molecule has 116 valence electrons. The number of rotatable bonds is 5. The van der Waals surface area contributed by atoms with E-state index in [0.29, 0.717) is 5.82 Å². The van der Waals surface area contributed by atoms with Crippen LogP contribution in [0.5, 0.6) is 0 Å². The molecule has 0 saturated heterocycles. The highest BCUT2D eigenvalue weighted by Crippen LogP contribution is 2.17. The van der Waals surface area contributed by atoms with Crippen molar-refractivity contribution >= 4 is 11.6 Å². The van der Waals surface area contributed by atoms with Crippen molar-refractivity contribution in [1.29, 1.82) is 0 Å². The first-order chi connectivity index (χ1) is 11.2. The molecule has 6 heteroatoms. The molecular formula is C17H16N4O2. The van der Waals surface area contributed by atoms with Crippen LogP contribution in [0.4, 0.5) is 5.69 Å². The van der Waals surface area contributed by atoms with E-state index in [1.54, 1.807) is 4.90 Å². The van der Waals surface area contributed by atoms with Gasteiger partial charge in [-0.25, -0.2) is 9.89 Å². The maximum absolute atomic E-state index is 12.7. The van der Waals surface area contributed by atoms with Gasteiger partial charge in [0.2, 0.25) is 5.91 Å². The summed E-state index contributed by atoms with van der Waals surface area (Å²) < 4.78 is 0. The standard InChI is InChI=1S/C17H16N4O2/c22-16(11-13-7-3-1-4-8-13)21(14-9-5-2-6-10-14)12-15-18-17(23)20-19-15/h1-10H,11-12H2,(H2,18,19,20,23). The molecule has 1 aromatic heterocycles. The number of nitrogens with one attached hydrogen (secondary N) is 2. The van der Waals surface area contributed by atoms with Crippen LogP contribution in [0.2, 0.25) is 0 Å². The fraction of sp³-hybridized carbons (Fsp3) is 0.118. The number of amides is 1. The highest BCUT2D eigenvalue weighted by Gasteiger charge is 2.18. The molecule has 2 aromatic carbocycles.